The first-order valence-electron chi connectivity index (χ1n) is 7.74. The third-order valence-corrected chi connectivity index (χ3v) is 4.05. The predicted octanol–water partition coefficient (Wildman–Crippen LogP) is 5.49. The number of halogens is 5. The molecule has 2 aromatic carbocycles. The standard InChI is InChI=1S/C18H15F5O2/c1-3-24-10-5-6-11-12-7-8-14(25-4-2)16(19)15(12)18(22,23)17(20,21)13(11)9-10/h5-9H,3-4H2,1-2H3. The van der Waals surface area contributed by atoms with Gasteiger partial charge in [-0.1, -0.05) is 6.07 Å². The molecule has 0 amide bonds. The van der Waals surface area contributed by atoms with Crippen LogP contribution in [-0.4, -0.2) is 13.2 Å². The monoisotopic (exact) mass is 358 g/mol. The van der Waals surface area contributed by atoms with Crippen LogP contribution in [0.4, 0.5) is 22.0 Å². The Hall–Kier alpha value is -2.31. The summed E-state index contributed by atoms with van der Waals surface area (Å²) in [7, 11) is 0. The van der Waals surface area contributed by atoms with E-state index in [9.17, 15) is 22.0 Å². The van der Waals surface area contributed by atoms with Crippen LogP contribution in [0.2, 0.25) is 0 Å². The van der Waals surface area contributed by atoms with Gasteiger partial charge in [0, 0.05) is 5.56 Å². The Bertz CT molecular complexity index is 817. The molecule has 0 N–H and O–H groups in total. The molecule has 0 saturated carbocycles. The van der Waals surface area contributed by atoms with Crippen molar-refractivity contribution in [1.82, 2.24) is 0 Å². The zero-order valence-electron chi connectivity index (χ0n) is 13.5. The quantitative estimate of drug-likeness (QED) is 0.673. The average Bonchev–Trinajstić information content (AvgIpc) is 2.55. The van der Waals surface area contributed by atoms with Gasteiger partial charge < -0.3 is 9.47 Å². The van der Waals surface area contributed by atoms with Crippen LogP contribution < -0.4 is 9.47 Å². The second-order valence-corrected chi connectivity index (χ2v) is 5.52. The molecule has 7 heteroatoms. The molecule has 2 aromatic rings. The predicted molar refractivity (Wildman–Crippen MR) is 82.0 cm³/mol. The Morgan fingerprint density at radius 2 is 1.48 bits per heavy atom. The van der Waals surface area contributed by atoms with Gasteiger partial charge in [-0.25, -0.2) is 4.39 Å². The SMILES string of the molecule is CCOc1ccc2c(c1)C(F)(F)C(F)(F)c1c-2ccc(OCC)c1F. The van der Waals surface area contributed by atoms with Gasteiger partial charge in [0.25, 0.3) is 0 Å². The highest BCUT2D eigenvalue weighted by Crippen LogP contribution is 2.59. The lowest BCUT2D eigenvalue weighted by atomic mass is 9.80. The summed E-state index contributed by atoms with van der Waals surface area (Å²) in [6.07, 6.45) is 0. The summed E-state index contributed by atoms with van der Waals surface area (Å²) in [4.78, 5) is 0. The van der Waals surface area contributed by atoms with Gasteiger partial charge in [0.1, 0.15) is 5.75 Å². The molecule has 0 saturated heterocycles. The molecular weight excluding hydrogens is 343 g/mol. The van der Waals surface area contributed by atoms with E-state index in [1.54, 1.807) is 6.92 Å². The van der Waals surface area contributed by atoms with E-state index < -0.39 is 34.5 Å². The number of hydrogen-bond acceptors (Lipinski definition) is 2. The van der Waals surface area contributed by atoms with Gasteiger partial charge >= 0.3 is 11.8 Å². The molecule has 0 heterocycles. The van der Waals surface area contributed by atoms with Crippen LogP contribution in [-0.2, 0) is 11.8 Å². The Morgan fingerprint density at radius 3 is 2.12 bits per heavy atom. The first-order valence-corrected chi connectivity index (χ1v) is 7.74. The molecule has 0 radical (unpaired) electrons. The Labute approximate surface area is 141 Å². The topological polar surface area (TPSA) is 18.5 Å². The van der Waals surface area contributed by atoms with Crippen LogP contribution in [0.15, 0.2) is 30.3 Å². The third-order valence-electron chi connectivity index (χ3n) is 4.05. The van der Waals surface area contributed by atoms with E-state index in [0.29, 0.717) is 0 Å². The number of rotatable bonds is 4. The fourth-order valence-electron chi connectivity index (χ4n) is 2.96. The van der Waals surface area contributed by atoms with Crippen molar-refractivity contribution in [2.45, 2.75) is 25.7 Å². The van der Waals surface area contributed by atoms with E-state index in [1.165, 1.54) is 25.1 Å². The van der Waals surface area contributed by atoms with Gasteiger partial charge in [-0.2, -0.15) is 17.6 Å². The molecule has 0 aliphatic heterocycles. The number of alkyl halides is 4. The van der Waals surface area contributed by atoms with Gasteiger partial charge in [-0.15, -0.1) is 0 Å². The van der Waals surface area contributed by atoms with E-state index in [1.807, 2.05) is 0 Å². The van der Waals surface area contributed by atoms with Crippen molar-refractivity contribution < 1.29 is 31.4 Å². The van der Waals surface area contributed by atoms with Crippen LogP contribution in [0.25, 0.3) is 11.1 Å². The van der Waals surface area contributed by atoms with E-state index in [0.717, 1.165) is 12.1 Å². The van der Waals surface area contributed by atoms with Crippen LogP contribution >= 0.6 is 0 Å². The van der Waals surface area contributed by atoms with E-state index in [4.69, 9.17) is 9.47 Å². The van der Waals surface area contributed by atoms with Gasteiger partial charge in [-0.3, -0.25) is 0 Å². The van der Waals surface area contributed by atoms with E-state index in [2.05, 4.69) is 0 Å². The largest absolute Gasteiger partial charge is 0.494 e. The van der Waals surface area contributed by atoms with Gasteiger partial charge in [0.15, 0.2) is 11.6 Å². The van der Waals surface area contributed by atoms with Crippen molar-refractivity contribution in [3.8, 4) is 22.6 Å². The molecule has 0 bridgehead atoms. The number of hydrogen-bond donors (Lipinski definition) is 0. The maximum Gasteiger partial charge on any atom is 0.343 e. The molecule has 0 spiro atoms. The minimum atomic E-state index is -4.72. The first-order chi connectivity index (χ1) is 11.8. The Morgan fingerprint density at radius 1 is 0.840 bits per heavy atom. The minimum Gasteiger partial charge on any atom is -0.494 e. The fourth-order valence-corrected chi connectivity index (χ4v) is 2.96. The zero-order valence-corrected chi connectivity index (χ0v) is 13.5. The van der Waals surface area contributed by atoms with Crippen LogP contribution in [0.5, 0.6) is 11.5 Å². The summed E-state index contributed by atoms with van der Waals surface area (Å²) >= 11 is 0. The highest BCUT2D eigenvalue weighted by molar-refractivity contribution is 5.77. The molecule has 3 rings (SSSR count). The second kappa shape index (κ2) is 5.89. The van der Waals surface area contributed by atoms with Gasteiger partial charge in [0.05, 0.1) is 18.8 Å². The lowest BCUT2D eigenvalue weighted by Gasteiger charge is -2.35. The smallest absolute Gasteiger partial charge is 0.343 e. The van der Waals surface area contributed by atoms with Gasteiger partial charge in [0.2, 0.25) is 0 Å². The van der Waals surface area contributed by atoms with Crippen molar-refractivity contribution in [3.63, 3.8) is 0 Å². The molecule has 25 heavy (non-hydrogen) atoms. The normalized spacial score (nSPS) is 16.8. The van der Waals surface area contributed by atoms with Crippen LogP contribution in [0, 0.1) is 5.82 Å². The summed E-state index contributed by atoms with van der Waals surface area (Å²) in [5, 5.41) is 0. The van der Waals surface area contributed by atoms with Crippen LogP contribution in [0.3, 0.4) is 0 Å². The average molecular weight is 358 g/mol. The second-order valence-electron chi connectivity index (χ2n) is 5.52. The lowest BCUT2D eigenvalue weighted by Crippen LogP contribution is -2.40. The molecule has 2 nitrogen and oxygen atoms in total. The van der Waals surface area contributed by atoms with Crippen molar-refractivity contribution in [3.05, 3.63) is 47.3 Å². The highest BCUT2D eigenvalue weighted by Gasteiger charge is 2.64. The summed E-state index contributed by atoms with van der Waals surface area (Å²) in [6.45, 7) is 3.40. The summed E-state index contributed by atoms with van der Waals surface area (Å²) in [5.41, 5.74) is -2.68. The van der Waals surface area contributed by atoms with Crippen molar-refractivity contribution in [2.24, 2.45) is 0 Å². The summed E-state index contributed by atoms with van der Waals surface area (Å²) < 4.78 is 82.8. The van der Waals surface area contributed by atoms with Crippen molar-refractivity contribution >= 4 is 0 Å². The molecule has 0 atom stereocenters. The van der Waals surface area contributed by atoms with E-state index >= 15 is 0 Å². The van der Waals surface area contributed by atoms with Crippen LogP contribution in [0.1, 0.15) is 25.0 Å². The molecule has 134 valence electrons. The Kier molecular flexibility index (Phi) is 4.13. The van der Waals surface area contributed by atoms with Crippen molar-refractivity contribution in [2.75, 3.05) is 13.2 Å². The maximum absolute atomic E-state index is 14.6. The van der Waals surface area contributed by atoms with Gasteiger partial charge in [-0.05, 0) is 49.2 Å². The number of benzene rings is 2. The summed E-state index contributed by atoms with van der Waals surface area (Å²) in [6, 6.07) is 5.84. The Balaban J connectivity index is 2.31. The third kappa shape index (κ3) is 2.44. The molecule has 1 aliphatic rings. The summed E-state index contributed by atoms with van der Waals surface area (Å²) in [5.74, 6) is -11.2. The first kappa shape index (κ1) is 17.5. The maximum atomic E-state index is 14.6. The number of fused-ring (bicyclic) bond motifs is 3. The van der Waals surface area contributed by atoms with E-state index in [-0.39, 0.29) is 30.1 Å². The lowest BCUT2D eigenvalue weighted by molar-refractivity contribution is -0.226. The zero-order chi connectivity index (χ0) is 18.4. The van der Waals surface area contributed by atoms with Crippen molar-refractivity contribution in [1.29, 1.82) is 0 Å². The fraction of sp³-hybridized carbons (Fsp3) is 0.333. The molecule has 0 unspecified atom stereocenters. The number of ether oxygens (including phenoxy) is 2. The molecule has 0 fully saturated rings. The molecular formula is C18H15F5O2. The highest BCUT2D eigenvalue weighted by atomic mass is 19.3. The molecule has 1 aliphatic carbocycles. The molecule has 0 aromatic heterocycles. The minimum absolute atomic E-state index is 0.0198.